The summed E-state index contributed by atoms with van der Waals surface area (Å²) in [6, 6.07) is 4.38. The molecule has 0 aromatic heterocycles. The van der Waals surface area contributed by atoms with Crippen LogP contribution in [0.15, 0.2) is 18.2 Å². The van der Waals surface area contributed by atoms with Crippen LogP contribution in [-0.4, -0.2) is 28.4 Å². The van der Waals surface area contributed by atoms with Gasteiger partial charge in [0.05, 0.1) is 5.56 Å². The Balaban J connectivity index is 2.80. The normalized spacial score (nSPS) is 11.3. The highest BCUT2D eigenvalue weighted by molar-refractivity contribution is 6.34. The second kappa shape index (κ2) is 6.04. The summed E-state index contributed by atoms with van der Waals surface area (Å²) in [5, 5.41) is 17.7. The molecule has 1 rings (SSSR count). The third kappa shape index (κ3) is 3.87. The molecule has 1 aromatic carbocycles. The number of carbonyl (C=O) groups is 1. The molecule has 0 saturated heterocycles. The molecule has 0 bridgehead atoms. The minimum Gasteiger partial charge on any atom is -0.478 e. The van der Waals surface area contributed by atoms with E-state index in [2.05, 4.69) is 0 Å². The predicted octanol–water partition coefficient (Wildman–Crippen LogP) is 2.51. The van der Waals surface area contributed by atoms with Gasteiger partial charge in [0.15, 0.2) is 5.75 Å². The summed E-state index contributed by atoms with van der Waals surface area (Å²) in [5.41, 5.74) is -0.755. The smallest absolute Gasteiger partial charge is 0.337 e. The Kier molecular flexibility index (Phi) is 4.95. The highest BCUT2D eigenvalue weighted by Crippen LogP contribution is 2.29. The summed E-state index contributed by atoms with van der Waals surface area (Å²) in [5.74, 6) is -1.01. The van der Waals surface area contributed by atoms with Crippen LogP contribution in [0.3, 0.4) is 0 Å². The van der Waals surface area contributed by atoms with Gasteiger partial charge < -0.3 is 15.1 Å². The number of halogens is 1. The maximum atomic E-state index is 10.9. The van der Waals surface area contributed by atoms with Gasteiger partial charge in [0.25, 0.3) is 0 Å². The summed E-state index contributed by atoms with van der Waals surface area (Å²) in [6.07, 6.45) is 0.378. The molecule has 0 atom stereocenters. The number of aromatic carboxylic acids is 1. The summed E-state index contributed by atoms with van der Waals surface area (Å²) in [7, 11) is 0. The van der Waals surface area contributed by atoms with E-state index in [-0.39, 0.29) is 22.9 Å². The van der Waals surface area contributed by atoms with Crippen molar-refractivity contribution in [2.45, 2.75) is 25.9 Å². The molecular formula is C12H15ClO5. The van der Waals surface area contributed by atoms with Crippen molar-refractivity contribution < 1.29 is 24.8 Å². The van der Waals surface area contributed by atoms with E-state index in [9.17, 15) is 4.79 Å². The molecule has 0 heterocycles. The number of hydrogen-bond donors (Lipinski definition) is 2. The highest BCUT2D eigenvalue weighted by Gasteiger charge is 2.21. The molecule has 2 N–H and O–H groups in total. The molecule has 100 valence electrons. The van der Waals surface area contributed by atoms with Crippen LogP contribution in [0, 0.1) is 0 Å². The number of hydrogen-bond acceptors (Lipinski definition) is 4. The number of rotatable bonds is 6. The van der Waals surface area contributed by atoms with Crippen LogP contribution in [-0.2, 0) is 4.89 Å². The fourth-order valence-electron chi connectivity index (χ4n) is 1.21. The van der Waals surface area contributed by atoms with Gasteiger partial charge in [-0.15, -0.1) is 0 Å². The molecule has 0 amide bonds. The van der Waals surface area contributed by atoms with Crippen molar-refractivity contribution in [1.82, 2.24) is 0 Å². The predicted molar refractivity (Wildman–Crippen MR) is 65.9 cm³/mol. The van der Waals surface area contributed by atoms with E-state index in [1.165, 1.54) is 18.2 Å². The summed E-state index contributed by atoms with van der Waals surface area (Å²) >= 11 is 5.87. The standard InChI is InChI=1S/C12H15ClO5/c1-12(2,6-7-14)18-17-9-5-3-4-8(10(9)13)11(15)16/h3-5,14H,6-7H2,1-2H3,(H,15,16). The van der Waals surface area contributed by atoms with E-state index >= 15 is 0 Å². The molecule has 5 nitrogen and oxygen atoms in total. The van der Waals surface area contributed by atoms with Crippen LogP contribution in [0.4, 0.5) is 0 Å². The molecule has 18 heavy (non-hydrogen) atoms. The van der Waals surface area contributed by atoms with Gasteiger partial charge in [-0.25, -0.2) is 4.79 Å². The van der Waals surface area contributed by atoms with Crippen LogP contribution in [0.2, 0.25) is 5.02 Å². The SMILES string of the molecule is CC(C)(CCO)OOc1cccc(C(=O)O)c1Cl. The maximum absolute atomic E-state index is 10.9. The molecule has 0 aliphatic heterocycles. The van der Waals surface area contributed by atoms with E-state index in [1.54, 1.807) is 13.8 Å². The van der Waals surface area contributed by atoms with Crippen molar-refractivity contribution in [2.24, 2.45) is 0 Å². The first-order valence-electron chi connectivity index (χ1n) is 5.36. The van der Waals surface area contributed by atoms with E-state index in [1.807, 2.05) is 0 Å². The minimum absolute atomic E-state index is 0.0233. The lowest BCUT2D eigenvalue weighted by atomic mass is 10.1. The van der Waals surface area contributed by atoms with Gasteiger partial charge in [-0.3, -0.25) is 0 Å². The Hall–Kier alpha value is -1.30. The average Bonchev–Trinajstić information content (AvgIpc) is 2.27. The quantitative estimate of drug-likeness (QED) is 0.616. The Morgan fingerprint density at radius 3 is 2.67 bits per heavy atom. The van der Waals surface area contributed by atoms with Crippen molar-refractivity contribution in [2.75, 3.05) is 6.61 Å². The van der Waals surface area contributed by atoms with Gasteiger partial charge in [-0.2, -0.15) is 4.89 Å². The summed E-state index contributed by atoms with van der Waals surface area (Å²) in [4.78, 5) is 21.0. The lowest BCUT2D eigenvalue weighted by Crippen LogP contribution is -2.27. The monoisotopic (exact) mass is 274 g/mol. The van der Waals surface area contributed by atoms with Crippen molar-refractivity contribution in [3.8, 4) is 5.75 Å². The number of carboxylic acids is 1. The third-order valence-corrected chi connectivity index (χ3v) is 2.65. The molecule has 0 fully saturated rings. The largest absolute Gasteiger partial charge is 0.478 e. The van der Waals surface area contributed by atoms with Crippen LogP contribution in [0.1, 0.15) is 30.6 Å². The van der Waals surface area contributed by atoms with Crippen molar-refractivity contribution in [3.63, 3.8) is 0 Å². The maximum Gasteiger partial charge on any atom is 0.337 e. The minimum atomic E-state index is -1.14. The van der Waals surface area contributed by atoms with Crippen LogP contribution in [0.5, 0.6) is 5.75 Å². The van der Waals surface area contributed by atoms with Crippen LogP contribution >= 0.6 is 11.6 Å². The van der Waals surface area contributed by atoms with Gasteiger partial charge in [0.2, 0.25) is 0 Å². The van der Waals surface area contributed by atoms with Crippen LogP contribution in [0.25, 0.3) is 0 Å². The first-order chi connectivity index (χ1) is 8.37. The Morgan fingerprint density at radius 2 is 2.11 bits per heavy atom. The molecule has 0 aliphatic carbocycles. The van der Waals surface area contributed by atoms with E-state index < -0.39 is 11.6 Å². The second-order valence-electron chi connectivity index (χ2n) is 4.32. The second-order valence-corrected chi connectivity index (χ2v) is 4.70. The number of aliphatic hydroxyl groups excluding tert-OH is 1. The summed E-state index contributed by atoms with van der Waals surface area (Å²) < 4.78 is 0. The zero-order chi connectivity index (χ0) is 13.8. The lowest BCUT2D eigenvalue weighted by molar-refractivity contribution is -0.283. The molecular weight excluding hydrogens is 260 g/mol. The molecule has 0 spiro atoms. The van der Waals surface area contributed by atoms with Crippen molar-refractivity contribution in [3.05, 3.63) is 28.8 Å². The van der Waals surface area contributed by atoms with Crippen molar-refractivity contribution >= 4 is 17.6 Å². The number of aliphatic hydroxyl groups is 1. The molecule has 1 aromatic rings. The zero-order valence-electron chi connectivity index (χ0n) is 10.1. The topological polar surface area (TPSA) is 76.0 Å². The van der Waals surface area contributed by atoms with Gasteiger partial charge in [0.1, 0.15) is 10.6 Å². The van der Waals surface area contributed by atoms with E-state index in [0.29, 0.717) is 6.42 Å². The van der Waals surface area contributed by atoms with E-state index in [4.69, 9.17) is 31.6 Å². The Morgan fingerprint density at radius 1 is 1.44 bits per heavy atom. The Bertz CT molecular complexity index is 430. The average molecular weight is 275 g/mol. The van der Waals surface area contributed by atoms with Gasteiger partial charge in [0, 0.05) is 13.0 Å². The fraction of sp³-hybridized carbons (Fsp3) is 0.417. The van der Waals surface area contributed by atoms with Gasteiger partial charge >= 0.3 is 5.97 Å². The Labute approximate surface area is 110 Å². The highest BCUT2D eigenvalue weighted by atomic mass is 35.5. The molecule has 0 aliphatic rings. The first kappa shape index (κ1) is 14.8. The molecule has 0 radical (unpaired) electrons. The molecule has 6 heteroatoms. The first-order valence-corrected chi connectivity index (χ1v) is 5.73. The lowest BCUT2D eigenvalue weighted by Gasteiger charge is -2.22. The van der Waals surface area contributed by atoms with Crippen LogP contribution < -0.4 is 4.89 Å². The van der Waals surface area contributed by atoms with Crippen molar-refractivity contribution in [1.29, 1.82) is 0 Å². The van der Waals surface area contributed by atoms with Gasteiger partial charge in [-0.1, -0.05) is 17.7 Å². The van der Waals surface area contributed by atoms with Gasteiger partial charge in [-0.05, 0) is 26.0 Å². The van der Waals surface area contributed by atoms with E-state index in [0.717, 1.165) is 0 Å². The number of carboxylic acid groups (broad SMARTS) is 1. The zero-order valence-corrected chi connectivity index (χ0v) is 10.9. The third-order valence-electron chi connectivity index (χ3n) is 2.26. The molecule has 0 saturated carbocycles. The number of benzene rings is 1. The fourth-order valence-corrected chi connectivity index (χ4v) is 1.45. The summed E-state index contributed by atoms with van der Waals surface area (Å²) in [6.45, 7) is 3.43. The molecule has 0 unspecified atom stereocenters.